The number of rotatable bonds is 3. The van der Waals surface area contributed by atoms with Crippen molar-refractivity contribution in [3.8, 4) is 0 Å². The van der Waals surface area contributed by atoms with E-state index >= 15 is 0 Å². The molecule has 0 heterocycles. The second-order valence-electron chi connectivity index (χ2n) is 3.89. The molecule has 0 radical (unpaired) electrons. The maximum Gasteiger partial charge on any atom is 0.225 e. The summed E-state index contributed by atoms with van der Waals surface area (Å²) in [5, 5.41) is 0. The van der Waals surface area contributed by atoms with E-state index in [1.807, 2.05) is 30.3 Å². The number of carbonyl (C=O) groups excluding carboxylic acids is 1. The molecular formula is C11H14N2O. The van der Waals surface area contributed by atoms with Crippen molar-refractivity contribution in [3.05, 3.63) is 35.9 Å². The average molecular weight is 190 g/mol. The Morgan fingerprint density at radius 3 is 2.50 bits per heavy atom. The summed E-state index contributed by atoms with van der Waals surface area (Å²) in [5.41, 5.74) is 11.6. The van der Waals surface area contributed by atoms with E-state index in [0.717, 1.165) is 12.0 Å². The standard InChI is InChI=1S/C11H14N2O/c12-7-11(10(13)14)6-9(11)8-4-2-1-3-5-8/h1-5,9H,6-7,12H2,(H2,13,14). The molecule has 1 amide bonds. The molecule has 3 nitrogen and oxygen atoms in total. The molecule has 3 heteroatoms. The Labute approximate surface area is 83.1 Å². The molecule has 2 unspecified atom stereocenters. The normalized spacial score (nSPS) is 29.9. The molecule has 1 saturated carbocycles. The van der Waals surface area contributed by atoms with Gasteiger partial charge >= 0.3 is 0 Å². The highest BCUT2D eigenvalue weighted by Gasteiger charge is 2.58. The van der Waals surface area contributed by atoms with E-state index in [4.69, 9.17) is 11.5 Å². The molecule has 2 atom stereocenters. The van der Waals surface area contributed by atoms with Crippen LogP contribution in [0.15, 0.2) is 30.3 Å². The van der Waals surface area contributed by atoms with Gasteiger partial charge in [-0.1, -0.05) is 30.3 Å². The summed E-state index contributed by atoms with van der Waals surface area (Å²) in [6, 6.07) is 9.93. The Morgan fingerprint density at radius 1 is 1.43 bits per heavy atom. The van der Waals surface area contributed by atoms with Crippen LogP contribution >= 0.6 is 0 Å². The minimum atomic E-state index is -0.471. The third-order valence-electron chi connectivity index (χ3n) is 3.13. The smallest absolute Gasteiger partial charge is 0.225 e. The van der Waals surface area contributed by atoms with E-state index in [0.29, 0.717) is 6.54 Å². The van der Waals surface area contributed by atoms with Crippen molar-refractivity contribution in [2.45, 2.75) is 12.3 Å². The Kier molecular flexibility index (Phi) is 2.04. The summed E-state index contributed by atoms with van der Waals surface area (Å²) in [5.74, 6) is -0.0416. The van der Waals surface area contributed by atoms with Crippen LogP contribution in [0.2, 0.25) is 0 Å². The molecule has 1 aliphatic carbocycles. The van der Waals surface area contributed by atoms with Crippen LogP contribution in [0.4, 0.5) is 0 Å². The summed E-state index contributed by atoms with van der Waals surface area (Å²) in [6.07, 6.45) is 0.794. The minimum Gasteiger partial charge on any atom is -0.369 e. The van der Waals surface area contributed by atoms with E-state index in [9.17, 15) is 4.79 Å². The predicted octanol–water partition coefficient (Wildman–Crippen LogP) is 0.604. The number of primary amides is 1. The van der Waals surface area contributed by atoms with Gasteiger partial charge < -0.3 is 11.5 Å². The van der Waals surface area contributed by atoms with Crippen molar-refractivity contribution in [1.82, 2.24) is 0 Å². The van der Waals surface area contributed by atoms with Gasteiger partial charge in [-0.3, -0.25) is 4.79 Å². The van der Waals surface area contributed by atoms with Crippen LogP contribution < -0.4 is 11.5 Å². The minimum absolute atomic E-state index is 0.228. The van der Waals surface area contributed by atoms with Gasteiger partial charge in [-0.05, 0) is 12.0 Å². The number of carbonyl (C=O) groups is 1. The highest BCUT2D eigenvalue weighted by Crippen LogP contribution is 2.58. The molecule has 14 heavy (non-hydrogen) atoms. The van der Waals surface area contributed by atoms with E-state index in [2.05, 4.69) is 0 Å². The lowest BCUT2D eigenvalue weighted by atomic mass is 9.99. The first-order valence-corrected chi connectivity index (χ1v) is 4.75. The Bertz CT molecular complexity index is 350. The molecule has 1 aromatic rings. The third-order valence-corrected chi connectivity index (χ3v) is 3.13. The van der Waals surface area contributed by atoms with Gasteiger partial charge in [-0.2, -0.15) is 0 Å². The molecule has 1 fully saturated rings. The van der Waals surface area contributed by atoms with Crippen LogP contribution in [-0.2, 0) is 4.79 Å². The molecule has 1 aliphatic rings. The van der Waals surface area contributed by atoms with E-state index in [-0.39, 0.29) is 11.8 Å². The van der Waals surface area contributed by atoms with E-state index in [1.165, 1.54) is 0 Å². The third kappa shape index (κ3) is 1.21. The van der Waals surface area contributed by atoms with Gasteiger partial charge in [0.1, 0.15) is 0 Å². The topological polar surface area (TPSA) is 69.1 Å². The molecule has 0 spiro atoms. The summed E-state index contributed by atoms with van der Waals surface area (Å²) >= 11 is 0. The quantitative estimate of drug-likeness (QED) is 0.733. The van der Waals surface area contributed by atoms with Gasteiger partial charge in [-0.15, -0.1) is 0 Å². The fourth-order valence-corrected chi connectivity index (χ4v) is 2.03. The van der Waals surface area contributed by atoms with Crippen LogP contribution in [-0.4, -0.2) is 12.5 Å². The maximum absolute atomic E-state index is 11.2. The summed E-state index contributed by atoms with van der Waals surface area (Å²) in [4.78, 5) is 11.2. The second kappa shape index (κ2) is 3.10. The van der Waals surface area contributed by atoms with Crippen molar-refractivity contribution >= 4 is 5.91 Å². The van der Waals surface area contributed by atoms with Crippen LogP contribution in [0, 0.1) is 5.41 Å². The predicted molar refractivity (Wildman–Crippen MR) is 54.5 cm³/mol. The van der Waals surface area contributed by atoms with Gasteiger partial charge in [0, 0.05) is 12.5 Å². The molecule has 74 valence electrons. The maximum atomic E-state index is 11.2. The van der Waals surface area contributed by atoms with E-state index < -0.39 is 5.41 Å². The Morgan fingerprint density at radius 2 is 2.07 bits per heavy atom. The lowest BCUT2D eigenvalue weighted by Crippen LogP contribution is -2.33. The second-order valence-corrected chi connectivity index (χ2v) is 3.89. The first-order valence-electron chi connectivity index (χ1n) is 4.75. The van der Waals surface area contributed by atoms with Gasteiger partial charge in [-0.25, -0.2) is 0 Å². The lowest BCUT2D eigenvalue weighted by molar-refractivity contribution is -0.122. The Hall–Kier alpha value is -1.35. The molecule has 4 N–H and O–H groups in total. The van der Waals surface area contributed by atoms with Crippen molar-refractivity contribution < 1.29 is 4.79 Å². The number of hydrogen-bond acceptors (Lipinski definition) is 2. The van der Waals surface area contributed by atoms with Crippen molar-refractivity contribution in [1.29, 1.82) is 0 Å². The molecule has 0 saturated heterocycles. The summed E-state index contributed by atoms with van der Waals surface area (Å²) in [7, 11) is 0. The van der Waals surface area contributed by atoms with Gasteiger partial charge in [0.15, 0.2) is 0 Å². The SMILES string of the molecule is NCC1(C(N)=O)CC1c1ccccc1. The number of nitrogens with two attached hydrogens (primary N) is 2. The van der Waals surface area contributed by atoms with Gasteiger partial charge in [0.05, 0.1) is 5.41 Å². The number of amides is 1. The van der Waals surface area contributed by atoms with Crippen molar-refractivity contribution in [2.75, 3.05) is 6.54 Å². The molecule has 0 bridgehead atoms. The largest absolute Gasteiger partial charge is 0.369 e. The zero-order chi connectivity index (χ0) is 10.2. The molecule has 2 rings (SSSR count). The molecule has 1 aromatic carbocycles. The molecule has 0 aliphatic heterocycles. The van der Waals surface area contributed by atoms with Crippen molar-refractivity contribution in [2.24, 2.45) is 16.9 Å². The van der Waals surface area contributed by atoms with E-state index in [1.54, 1.807) is 0 Å². The zero-order valence-corrected chi connectivity index (χ0v) is 7.94. The van der Waals surface area contributed by atoms with Gasteiger partial charge in [0.25, 0.3) is 0 Å². The highest BCUT2D eigenvalue weighted by molar-refractivity contribution is 5.86. The van der Waals surface area contributed by atoms with Crippen LogP contribution in [0.3, 0.4) is 0 Å². The fourth-order valence-electron chi connectivity index (χ4n) is 2.03. The monoisotopic (exact) mass is 190 g/mol. The van der Waals surface area contributed by atoms with Crippen LogP contribution in [0.25, 0.3) is 0 Å². The molecular weight excluding hydrogens is 176 g/mol. The average Bonchev–Trinajstić information content (AvgIpc) is 2.95. The first kappa shape index (κ1) is 9.21. The Balaban J connectivity index is 2.22. The number of benzene rings is 1. The zero-order valence-electron chi connectivity index (χ0n) is 7.94. The highest BCUT2D eigenvalue weighted by atomic mass is 16.1. The summed E-state index contributed by atoms with van der Waals surface area (Å²) in [6.45, 7) is 0.349. The summed E-state index contributed by atoms with van der Waals surface area (Å²) < 4.78 is 0. The van der Waals surface area contributed by atoms with Gasteiger partial charge in [0.2, 0.25) is 5.91 Å². The van der Waals surface area contributed by atoms with Crippen LogP contribution in [0.1, 0.15) is 17.9 Å². The number of hydrogen-bond donors (Lipinski definition) is 2. The lowest BCUT2D eigenvalue weighted by Gasteiger charge is -2.09. The van der Waals surface area contributed by atoms with Crippen LogP contribution in [0.5, 0.6) is 0 Å². The van der Waals surface area contributed by atoms with Crippen molar-refractivity contribution in [3.63, 3.8) is 0 Å². The molecule has 0 aromatic heterocycles. The fraction of sp³-hybridized carbons (Fsp3) is 0.364. The first-order chi connectivity index (χ1) is 6.70.